The summed E-state index contributed by atoms with van der Waals surface area (Å²) in [6.45, 7) is 7.74. The fourth-order valence-corrected chi connectivity index (χ4v) is 0.836. The van der Waals surface area contributed by atoms with Gasteiger partial charge in [-0.1, -0.05) is 13.3 Å². The van der Waals surface area contributed by atoms with Crippen molar-refractivity contribution in [2.45, 2.75) is 46.1 Å². The van der Waals surface area contributed by atoms with Gasteiger partial charge in [0.05, 0.1) is 0 Å². The first-order chi connectivity index (χ1) is 6.40. The third-order valence-corrected chi connectivity index (χ3v) is 1.51. The van der Waals surface area contributed by atoms with E-state index < -0.39 is 11.7 Å². The molecule has 0 unspecified atom stereocenters. The molecular weight excluding hydrogens is 182 g/mol. The van der Waals surface area contributed by atoms with Crippen LogP contribution in [0.25, 0.3) is 0 Å². The number of imide groups is 1. The maximum atomic E-state index is 11.4. The maximum absolute atomic E-state index is 11.4. The molecule has 82 valence electrons. The summed E-state index contributed by atoms with van der Waals surface area (Å²) in [7, 11) is 0. The van der Waals surface area contributed by atoms with Gasteiger partial charge in [-0.05, 0) is 27.2 Å². The van der Waals surface area contributed by atoms with Gasteiger partial charge in [0.25, 0.3) is 0 Å². The summed E-state index contributed by atoms with van der Waals surface area (Å²) in [6.07, 6.45) is 1.69. The van der Waals surface area contributed by atoms with Crippen LogP contribution in [0.5, 0.6) is 0 Å². The first-order valence-corrected chi connectivity index (χ1v) is 4.85. The number of carbonyl (C=O) groups excluding carboxylic acids is 2. The van der Waals surface area contributed by atoms with Crippen molar-refractivity contribution in [2.75, 3.05) is 6.54 Å². The van der Waals surface area contributed by atoms with Gasteiger partial charge in [-0.25, -0.2) is 4.79 Å². The zero-order valence-electron chi connectivity index (χ0n) is 9.37. The van der Waals surface area contributed by atoms with E-state index in [4.69, 9.17) is 4.74 Å². The van der Waals surface area contributed by atoms with Gasteiger partial charge in [0.2, 0.25) is 6.41 Å². The normalized spacial score (nSPS) is 10.9. The van der Waals surface area contributed by atoms with Gasteiger partial charge in [-0.15, -0.1) is 0 Å². The molecule has 4 heteroatoms. The molecular formula is C10H19NO3. The molecule has 0 saturated heterocycles. The summed E-state index contributed by atoms with van der Waals surface area (Å²) in [5.74, 6) is 0. The molecule has 14 heavy (non-hydrogen) atoms. The monoisotopic (exact) mass is 201 g/mol. The number of rotatable bonds is 4. The number of nitrogens with zero attached hydrogens (tertiary/aromatic N) is 1. The van der Waals surface area contributed by atoms with Crippen molar-refractivity contribution in [3.8, 4) is 0 Å². The molecule has 0 aliphatic carbocycles. The molecule has 0 radical (unpaired) electrons. The zero-order valence-corrected chi connectivity index (χ0v) is 9.37. The number of unbranched alkanes of at least 4 members (excludes halogenated alkanes) is 1. The Morgan fingerprint density at radius 3 is 2.36 bits per heavy atom. The highest BCUT2D eigenvalue weighted by Gasteiger charge is 2.20. The predicted octanol–water partition coefficient (Wildman–Crippen LogP) is 2.18. The Hall–Kier alpha value is -1.06. The molecule has 0 spiro atoms. The van der Waals surface area contributed by atoms with Crippen LogP contribution in [0, 0.1) is 0 Å². The Bertz CT molecular complexity index is 196. The SMILES string of the molecule is CCCCN(C=O)C(=O)OC(C)(C)C. The van der Waals surface area contributed by atoms with Crippen molar-refractivity contribution in [1.29, 1.82) is 0 Å². The van der Waals surface area contributed by atoms with Gasteiger partial charge in [-0.3, -0.25) is 9.69 Å². The quantitative estimate of drug-likeness (QED) is 0.655. The number of carbonyl (C=O) groups is 2. The Morgan fingerprint density at radius 2 is 2.00 bits per heavy atom. The van der Waals surface area contributed by atoms with Crippen LogP contribution >= 0.6 is 0 Å². The smallest absolute Gasteiger partial charge is 0.416 e. The molecule has 0 rings (SSSR count). The summed E-state index contributed by atoms with van der Waals surface area (Å²) in [5.41, 5.74) is -0.551. The molecule has 0 bridgehead atoms. The third-order valence-electron chi connectivity index (χ3n) is 1.51. The van der Waals surface area contributed by atoms with E-state index in [9.17, 15) is 9.59 Å². The molecule has 0 heterocycles. The average Bonchev–Trinajstić information content (AvgIpc) is 2.02. The van der Waals surface area contributed by atoms with E-state index in [1.165, 1.54) is 0 Å². The van der Waals surface area contributed by atoms with Gasteiger partial charge in [0.15, 0.2) is 0 Å². The highest BCUT2D eigenvalue weighted by atomic mass is 16.6. The van der Waals surface area contributed by atoms with Crippen molar-refractivity contribution in [3.05, 3.63) is 0 Å². The lowest BCUT2D eigenvalue weighted by molar-refractivity contribution is -0.117. The summed E-state index contributed by atoms with van der Waals surface area (Å²) >= 11 is 0. The van der Waals surface area contributed by atoms with Crippen molar-refractivity contribution < 1.29 is 14.3 Å². The van der Waals surface area contributed by atoms with Gasteiger partial charge >= 0.3 is 6.09 Å². The van der Waals surface area contributed by atoms with E-state index in [0.717, 1.165) is 17.7 Å². The average molecular weight is 201 g/mol. The second-order valence-electron chi connectivity index (χ2n) is 4.13. The van der Waals surface area contributed by atoms with Gasteiger partial charge in [0.1, 0.15) is 5.60 Å². The summed E-state index contributed by atoms with van der Waals surface area (Å²) in [6, 6.07) is 0. The molecule has 0 aliphatic rings. The molecule has 0 aromatic rings. The van der Waals surface area contributed by atoms with Crippen LogP contribution in [0.3, 0.4) is 0 Å². The fourth-order valence-electron chi connectivity index (χ4n) is 0.836. The number of ether oxygens (including phenoxy) is 1. The lowest BCUT2D eigenvalue weighted by atomic mass is 10.2. The minimum absolute atomic E-state index is 0.426. The first kappa shape index (κ1) is 12.9. The molecule has 4 nitrogen and oxygen atoms in total. The maximum Gasteiger partial charge on any atom is 0.416 e. The molecule has 0 fully saturated rings. The van der Waals surface area contributed by atoms with Crippen LogP contribution in [-0.2, 0) is 9.53 Å². The molecule has 0 saturated carbocycles. The second kappa shape index (κ2) is 5.62. The van der Waals surface area contributed by atoms with E-state index in [1.54, 1.807) is 20.8 Å². The van der Waals surface area contributed by atoms with Crippen LogP contribution in [0.2, 0.25) is 0 Å². The third kappa shape index (κ3) is 5.56. The fraction of sp³-hybridized carbons (Fsp3) is 0.800. The molecule has 0 aromatic carbocycles. The van der Waals surface area contributed by atoms with Gasteiger partial charge in [-0.2, -0.15) is 0 Å². The Balaban J connectivity index is 4.11. The zero-order chi connectivity index (χ0) is 11.2. The minimum atomic E-state index is -0.569. The van der Waals surface area contributed by atoms with Crippen LogP contribution in [0.4, 0.5) is 4.79 Å². The van der Waals surface area contributed by atoms with E-state index >= 15 is 0 Å². The summed E-state index contributed by atoms with van der Waals surface area (Å²) < 4.78 is 5.04. The molecule has 0 N–H and O–H groups in total. The first-order valence-electron chi connectivity index (χ1n) is 4.85. The minimum Gasteiger partial charge on any atom is -0.443 e. The lowest BCUT2D eigenvalue weighted by Crippen LogP contribution is -2.36. The standard InChI is InChI=1S/C10H19NO3/c1-5-6-7-11(8-12)9(13)14-10(2,3)4/h8H,5-7H2,1-4H3. The van der Waals surface area contributed by atoms with Crippen molar-refractivity contribution in [3.63, 3.8) is 0 Å². The molecule has 0 aliphatic heterocycles. The summed E-state index contributed by atoms with van der Waals surface area (Å²) in [4.78, 5) is 23.0. The number of amides is 2. The number of hydrogen-bond donors (Lipinski definition) is 0. The van der Waals surface area contributed by atoms with E-state index in [2.05, 4.69) is 0 Å². The Morgan fingerprint density at radius 1 is 1.43 bits per heavy atom. The summed E-state index contributed by atoms with van der Waals surface area (Å²) in [5, 5.41) is 0. The van der Waals surface area contributed by atoms with Crippen molar-refractivity contribution in [2.24, 2.45) is 0 Å². The van der Waals surface area contributed by atoms with E-state index in [0.29, 0.717) is 13.0 Å². The van der Waals surface area contributed by atoms with Crippen LogP contribution < -0.4 is 0 Å². The van der Waals surface area contributed by atoms with Crippen LogP contribution in [-0.4, -0.2) is 29.5 Å². The van der Waals surface area contributed by atoms with Crippen LogP contribution in [0.15, 0.2) is 0 Å². The highest BCUT2D eigenvalue weighted by Crippen LogP contribution is 2.09. The molecule has 0 aromatic heterocycles. The van der Waals surface area contributed by atoms with Gasteiger partial charge < -0.3 is 4.74 Å². The largest absolute Gasteiger partial charge is 0.443 e. The number of hydrogen-bond acceptors (Lipinski definition) is 3. The van der Waals surface area contributed by atoms with Crippen molar-refractivity contribution in [1.82, 2.24) is 4.90 Å². The second-order valence-corrected chi connectivity index (χ2v) is 4.13. The topological polar surface area (TPSA) is 46.6 Å². The van der Waals surface area contributed by atoms with E-state index in [1.807, 2.05) is 6.92 Å². The lowest BCUT2D eigenvalue weighted by Gasteiger charge is -2.23. The molecule has 0 atom stereocenters. The Labute approximate surface area is 85.2 Å². The van der Waals surface area contributed by atoms with Crippen molar-refractivity contribution >= 4 is 12.5 Å². The van der Waals surface area contributed by atoms with Crippen LogP contribution in [0.1, 0.15) is 40.5 Å². The van der Waals surface area contributed by atoms with E-state index in [-0.39, 0.29) is 0 Å². The highest BCUT2D eigenvalue weighted by molar-refractivity contribution is 5.80. The Kier molecular flexibility index (Phi) is 5.20. The van der Waals surface area contributed by atoms with Gasteiger partial charge in [0, 0.05) is 6.54 Å². The predicted molar refractivity (Wildman–Crippen MR) is 53.9 cm³/mol. The molecule has 2 amide bonds.